The fourth-order valence-electron chi connectivity index (χ4n) is 6.08. The first-order valence-corrected chi connectivity index (χ1v) is 18.7. The van der Waals surface area contributed by atoms with Crippen LogP contribution in [0.5, 0.6) is 0 Å². The number of amides is 3. The van der Waals surface area contributed by atoms with Crippen molar-refractivity contribution in [2.75, 3.05) is 7.05 Å². The number of carbonyl (C=O) groups excluding carboxylic acids is 3. The van der Waals surface area contributed by atoms with Crippen LogP contribution in [0.2, 0.25) is 0 Å². The molecule has 6 heterocycles. The topological polar surface area (TPSA) is 220 Å². The smallest absolute Gasteiger partial charge is 0.408 e. The maximum atomic E-state index is 12.9. The highest BCUT2D eigenvalue weighted by Gasteiger charge is 2.29. The van der Waals surface area contributed by atoms with Gasteiger partial charge in [-0.2, -0.15) is 0 Å². The van der Waals surface area contributed by atoms with E-state index in [1.165, 1.54) is 6.20 Å². The zero-order valence-corrected chi connectivity index (χ0v) is 34.3. The molecule has 6 aromatic rings. The van der Waals surface area contributed by atoms with Crippen molar-refractivity contribution in [3.8, 4) is 22.5 Å². The monoisotopic (exact) mass is 801 g/mol. The van der Waals surface area contributed by atoms with Crippen LogP contribution in [-0.2, 0) is 9.47 Å². The van der Waals surface area contributed by atoms with E-state index in [0.717, 1.165) is 0 Å². The SMILES string of the molecule is CC(NC(=O)OC(C)(C)C)c1nc2ncccc2c(C(=O)O)c1-c1ccccn1.CNC(=O)c1c(-c2ccccn2)c(C(C)NC(=O)OC(C)(C)C)nc2ncccc12. The number of alkyl carbamates (subject to hydrolysis) is 2. The number of nitrogens with zero attached hydrogens (tertiary/aromatic N) is 6. The highest BCUT2D eigenvalue weighted by molar-refractivity contribution is 6.11. The second-order valence-electron chi connectivity index (χ2n) is 15.3. The van der Waals surface area contributed by atoms with Crippen molar-refractivity contribution in [3.05, 3.63) is 108 Å². The fraction of sp³-hybridized carbons (Fsp3) is 0.302. The van der Waals surface area contributed by atoms with Gasteiger partial charge in [0.05, 0.1) is 46.0 Å². The minimum atomic E-state index is -1.13. The van der Waals surface area contributed by atoms with E-state index in [-0.39, 0.29) is 17.1 Å². The number of aromatic carboxylic acids is 1. The number of fused-ring (bicyclic) bond motifs is 2. The molecule has 59 heavy (non-hydrogen) atoms. The number of carbonyl (C=O) groups is 4. The molecule has 0 bridgehead atoms. The minimum Gasteiger partial charge on any atom is -0.478 e. The number of pyridine rings is 6. The number of hydrogen-bond acceptors (Lipinski definition) is 12. The predicted molar refractivity (Wildman–Crippen MR) is 221 cm³/mol. The third-order valence-corrected chi connectivity index (χ3v) is 8.37. The number of hydrogen-bond donors (Lipinski definition) is 4. The molecule has 0 aliphatic rings. The van der Waals surface area contributed by atoms with Gasteiger partial charge >= 0.3 is 18.2 Å². The van der Waals surface area contributed by atoms with E-state index in [0.29, 0.717) is 55.9 Å². The van der Waals surface area contributed by atoms with Gasteiger partial charge in [0.2, 0.25) is 0 Å². The first-order valence-electron chi connectivity index (χ1n) is 18.7. The third-order valence-electron chi connectivity index (χ3n) is 8.37. The Bertz CT molecular complexity index is 2490. The van der Waals surface area contributed by atoms with Gasteiger partial charge in [-0.1, -0.05) is 12.1 Å². The quantitative estimate of drug-likeness (QED) is 0.117. The van der Waals surface area contributed by atoms with Crippen LogP contribution in [0, 0.1) is 0 Å². The Morgan fingerprint density at radius 1 is 0.593 bits per heavy atom. The summed E-state index contributed by atoms with van der Waals surface area (Å²) >= 11 is 0. The molecule has 0 aliphatic heterocycles. The number of carboxylic acid groups (broad SMARTS) is 1. The van der Waals surface area contributed by atoms with E-state index in [2.05, 4.69) is 45.9 Å². The summed E-state index contributed by atoms with van der Waals surface area (Å²) in [6.07, 6.45) is 5.16. The van der Waals surface area contributed by atoms with E-state index in [4.69, 9.17) is 9.47 Å². The molecule has 16 nitrogen and oxygen atoms in total. The lowest BCUT2D eigenvalue weighted by Crippen LogP contribution is -2.34. The summed E-state index contributed by atoms with van der Waals surface area (Å²) < 4.78 is 10.7. The van der Waals surface area contributed by atoms with Gasteiger partial charge in [-0.05, 0) is 104 Å². The summed E-state index contributed by atoms with van der Waals surface area (Å²) in [6, 6.07) is 16.3. The second-order valence-corrected chi connectivity index (χ2v) is 15.3. The lowest BCUT2D eigenvalue weighted by molar-refractivity contribution is 0.0495. The predicted octanol–water partition coefficient (Wildman–Crippen LogP) is 7.61. The molecular weight excluding hydrogens is 755 g/mol. The number of rotatable bonds is 8. The molecule has 0 spiro atoms. The van der Waals surface area contributed by atoms with E-state index in [1.807, 2.05) is 6.07 Å². The van der Waals surface area contributed by atoms with Crippen LogP contribution in [-0.4, -0.2) is 77.3 Å². The average molecular weight is 802 g/mol. The zero-order chi connectivity index (χ0) is 43.1. The Hall–Kier alpha value is -7.10. The Morgan fingerprint density at radius 3 is 1.37 bits per heavy atom. The summed E-state index contributed by atoms with van der Waals surface area (Å²) in [4.78, 5) is 76.2. The molecule has 3 amide bonds. The average Bonchev–Trinajstić information content (AvgIpc) is 3.18. The van der Waals surface area contributed by atoms with Gasteiger partial charge in [0.15, 0.2) is 11.3 Å². The van der Waals surface area contributed by atoms with Crippen LogP contribution in [0.25, 0.3) is 44.6 Å². The Labute approximate surface area is 341 Å². The van der Waals surface area contributed by atoms with Crippen molar-refractivity contribution in [1.82, 2.24) is 45.9 Å². The van der Waals surface area contributed by atoms with Crippen molar-refractivity contribution in [1.29, 1.82) is 0 Å². The molecule has 0 fully saturated rings. The summed E-state index contributed by atoms with van der Waals surface area (Å²) in [7, 11) is 1.56. The standard InChI is InChI=1S/C22H25N5O3.C21H22N4O4/c1-13(26-21(29)30-22(2,3)4)18-17(15-10-6-7-11-24-15)16(20(28)23-5)14-9-8-12-25-19(14)27-18;1-12(24-20(28)29-21(2,3)4)17-16(14-9-5-6-10-22-14)15(19(26)27)13-8-7-11-23-18(13)25-17/h6-13H,1-5H3,(H,23,28)(H,26,29);5-12H,1-4H3,(H,24,28)(H,26,27). The summed E-state index contributed by atoms with van der Waals surface area (Å²) in [5, 5.41) is 19.2. The normalized spacial score (nSPS) is 12.4. The lowest BCUT2D eigenvalue weighted by atomic mass is 9.95. The fourth-order valence-corrected chi connectivity index (χ4v) is 6.08. The number of carboxylic acids is 1. The molecule has 0 saturated heterocycles. The number of ether oxygens (including phenoxy) is 2. The van der Waals surface area contributed by atoms with Crippen LogP contribution in [0.15, 0.2) is 85.5 Å². The van der Waals surface area contributed by atoms with Crippen molar-refractivity contribution in [2.24, 2.45) is 0 Å². The number of aromatic nitrogens is 6. The maximum Gasteiger partial charge on any atom is 0.408 e. The molecule has 306 valence electrons. The van der Waals surface area contributed by atoms with Crippen molar-refractivity contribution in [3.63, 3.8) is 0 Å². The summed E-state index contributed by atoms with van der Waals surface area (Å²) in [5.74, 6) is -1.42. The minimum absolute atomic E-state index is 0.0367. The van der Waals surface area contributed by atoms with Crippen LogP contribution >= 0.6 is 0 Å². The van der Waals surface area contributed by atoms with Gasteiger partial charge in [0.25, 0.3) is 5.91 Å². The van der Waals surface area contributed by atoms with Crippen molar-refractivity contribution in [2.45, 2.75) is 78.7 Å². The highest BCUT2D eigenvalue weighted by atomic mass is 16.6. The maximum absolute atomic E-state index is 12.9. The van der Waals surface area contributed by atoms with Gasteiger partial charge in [0, 0.05) is 53.7 Å². The molecule has 6 aromatic heterocycles. The molecule has 2 atom stereocenters. The van der Waals surface area contributed by atoms with E-state index in [9.17, 15) is 24.3 Å². The first kappa shape index (κ1) is 43.0. The van der Waals surface area contributed by atoms with E-state index < -0.39 is 41.4 Å². The first-order chi connectivity index (χ1) is 27.9. The van der Waals surface area contributed by atoms with E-state index >= 15 is 0 Å². The molecule has 6 rings (SSSR count). The van der Waals surface area contributed by atoms with Gasteiger partial charge < -0.3 is 30.5 Å². The molecule has 16 heteroatoms. The Kier molecular flexibility index (Phi) is 13.1. The Balaban J connectivity index is 0.000000224. The molecule has 2 unspecified atom stereocenters. The van der Waals surface area contributed by atoms with Crippen LogP contribution in [0.1, 0.15) is 99.6 Å². The largest absolute Gasteiger partial charge is 0.478 e. The van der Waals surface area contributed by atoms with E-state index in [1.54, 1.807) is 136 Å². The van der Waals surface area contributed by atoms with Crippen molar-refractivity contribution < 1.29 is 33.8 Å². The lowest BCUT2D eigenvalue weighted by Gasteiger charge is -2.23. The van der Waals surface area contributed by atoms with Gasteiger partial charge in [-0.15, -0.1) is 0 Å². The summed E-state index contributed by atoms with van der Waals surface area (Å²) in [5.41, 5.74) is 2.52. The molecule has 0 aliphatic carbocycles. The number of nitrogens with one attached hydrogen (secondary N) is 3. The molecule has 4 N–H and O–H groups in total. The summed E-state index contributed by atoms with van der Waals surface area (Å²) in [6.45, 7) is 14.1. The van der Waals surface area contributed by atoms with Gasteiger partial charge in [-0.3, -0.25) is 14.8 Å². The van der Waals surface area contributed by atoms with Crippen molar-refractivity contribution >= 4 is 46.1 Å². The molecule has 0 aromatic carbocycles. The second kappa shape index (κ2) is 18.0. The zero-order valence-electron chi connectivity index (χ0n) is 34.3. The van der Waals surface area contributed by atoms with Crippen LogP contribution < -0.4 is 16.0 Å². The van der Waals surface area contributed by atoms with Crippen LogP contribution in [0.3, 0.4) is 0 Å². The highest BCUT2D eigenvalue weighted by Crippen LogP contribution is 2.35. The molecule has 0 radical (unpaired) electrons. The van der Waals surface area contributed by atoms with Crippen LogP contribution in [0.4, 0.5) is 9.59 Å². The Morgan fingerprint density at radius 2 is 1.00 bits per heavy atom. The molecular formula is C43H47N9O7. The molecule has 0 saturated carbocycles. The van der Waals surface area contributed by atoms with Gasteiger partial charge in [0.1, 0.15) is 11.2 Å². The third kappa shape index (κ3) is 10.7. The van der Waals surface area contributed by atoms with Gasteiger partial charge in [-0.25, -0.2) is 34.3 Å².